The topological polar surface area (TPSA) is 89.7 Å². The van der Waals surface area contributed by atoms with Gasteiger partial charge < -0.3 is 4.74 Å². The molecule has 1 aliphatic heterocycles. The zero-order valence-electron chi connectivity index (χ0n) is 9.76. The van der Waals surface area contributed by atoms with Crippen LogP contribution in [0.25, 0.3) is 0 Å². The number of nitrogens with two attached hydrogens (primary N) is 1. The molecule has 0 bridgehead atoms. The van der Waals surface area contributed by atoms with Gasteiger partial charge in [-0.1, -0.05) is 0 Å². The Morgan fingerprint density at radius 2 is 2.00 bits per heavy atom. The fourth-order valence-electron chi connectivity index (χ4n) is 1.61. The van der Waals surface area contributed by atoms with E-state index in [0.717, 1.165) is 0 Å². The fourth-order valence-corrected chi connectivity index (χ4v) is 2.65. The van der Waals surface area contributed by atoms with Gasteiger partial charge in [-0.2, -0.15) is 0 Å². The molecule has 0 aromatic heterocycles. The number of rotatable bonds is 1. The standard InChI is InChI=1S/C9H18N2O4S/c1-9(2,3)15-8(12)11-6-4-5-7(11)16(10,13)14/h7H,4-6H2,1-3H3,(H2,10,13,14)/t7-/m1/s1. The van der Waals surface area contributed by atoms with Crippen LogP contribution in [-0.2, 0) is 14.8 Å². The number of hydrogen-bond donors (Lipinski definition) is 1. The maximum absolute atomic E-state index is 11.7. The van der Waals surface area contributed by atoms with Gasteiger partial charge in [-0.25, -0.2) is 18.4 Å². The number of ether oxygens (including phenoxy) is 1. The normalized spacial score (nSPS) is 22.2. The van der Waals surface area contributed by atoms with Gasteiger partial charge in [0.2, 0.25) is 10.0 Å². The van der Waals surface area contributed by atoms with Crippen molar-refractivity contribution in [3.8, 4) is 0 Å². The molecule has 1 fully saturated rings. The first kappa shape index (κ1) is 13.2. The molecule has 1 heterocycles. The number of sulfonamides is 1. The van der Waals surface area contributed by atoms with E-state index in [2.05, 4.69) is 0 Å². The van der Waals surface area contributed by atoms with Crippen LogP contribution in [0.3, 0.4) is 0 Å². The molecule has 0 unspecified atom stereocenters. The lowest BCUT2D eigenvalue weighted by atomic mass is 10.2. The summed E-state index contributed by atoms with van der Waals surface area (Å²) in [5, 5.41) is 4.11. The molecular formula is C9H18N2O4S. The zero-order chi connectivity index (χ0) is 12.6. The van der Waals surface area contributed by atoms with Gasteiger partial charge in [0.15, 0.2) is 5.37 Å². The summed E-state index contributed by atoms with van der Waals surface area (Å²) in [4.78, 5) is 12.9. The van der Waals surface area contributed by atoms with E-state index in [4.69, 9.17) is 9.88 Å². The third-order valence-electron chi connectivity index (χ3n) is 2.20. The molecule has 1 atom stereocenters. The summed E-state index contributed by atoms with van der Waals surface area (Å²) in [5.41, 5.74) is -0.636. The molecule has 0 aromatic rings. The van der Waals surface area contributed by atoms with Crippen LogP contribution in [0.15, 0.2) is 0 Å². The molecule has 0 aromatic carbocycles. The Morgan fingerprint density at radius 1 is 1.44 bits per heavy atom. The largest absolute Gasteiger partial charge is 0.444 e. The Morgan fingerprint density at radius 3 is 2.44 bits per heavy atom. The molecule has 7 heteroatoms. The number of nitrogens with zero attached hydrogens (tertiary/aromatic N) is 1. The minimum Gasteiger partial charge on any atom is -0.444 e. The Bertz CT molecular complexity index is 371. The highest BCUT2D eigenvalue weighted by molar-refractivity contribution is 7.89. The van der Waals surface area contributed by atoms with Gasteiger partial charge in [-0.15, -0.1) is 0 Å². The van der Waals surface area contributed by atoms with Gasteiger partial charge in [-0.3, -0.25) is 4.90 Å². The molecule has 1 amide bonds. The first-order chi connectivity index (χ1) is 7.11. The van der Waals surface area contributed by atoms with E-state index in [1.165, 1.54) is 4.90 Å². The Hall–Kier alpha value is -0.820. The van der Waals surface area contributed by atoms with Crippen LogP contribution in [0.2, 0.25) is 0 Å². The van der Waals surface area contributed by atoms with E-state index >= 15 is 0 Å². The van der Waals surface area contributed by atoms with Crippen molar-refractivity contribution in [2.45, 2.75) is 44.6 Å². The van der Waals surface area contributed by atoms with Gasteiger partial charge in [0.1, 0.15) is 5.60 Å². The zero-order valence-corrected chi connectivity index (χ0v) is 10.6. The summed E-state index contributed by atoms with van der Waals surface area (Å²) in [6, 6.07) is 0. The predicted octanol–water partition coefficient (Wildman–Crippen LogP) is 0.632. The number of carbonyl (C=O) groups excluding carboxylic acids is 1. The molecule has 16 heavy (non-hydrogen) atoms. The van der Waals surface area contributed by atoms with Gasteiger partial charge in [0, 0.05) is 6.54 Å². The Kier molecular flexibility index (Phi) is 3.49. The van der Waals surface area contributed by atoms with Crippen LogP contribution < -0.4 is 5.14 Å². The molecule has 6 nitrogen and oxygen atoms in total. The second-order valence-corrected chi connectivity index (χ2v) is 6.58. The van der Waals surface area contributed by atoms with Crippen LogP contribution in [0.5, 0.6) is 0 Å². The third-order valence-corrected chi connectivity index (χ3v) is 3.45. The van der Waals surface area contributed by atoms with E-state index in [9.17, 15) is 13.2 Å². The van der Waals surface area contributed by atoms with Crippen LogP contribution >= 0.6 is 0 Å². The second-order valence-electron chi connectivity index (χ2n) is 4.86. The Balaban J connectivity index is 2.77. The molecule has 0 spiro atoms. The lowest BCUT2D eigenvalue weighted by molar-refractivity contribution is 0.0271. The number of carbonyl (C=O) groups is 1. The smallest absolute Gasteiger partial charge is 0.411 e. The van der Waals surface area contributed by atoms with Gasteiger partial charge in [0.25, 0.3) is 0 Å². The minimum atomic E-state index is -3.73. The first-order valence-electron chi connectivity index (χ1n) is 5.12. The molecular weight excluding hydrogens is 232 g/mol. The Labute approximate surface area is 95.8 Å². The molecule has 1 rings (SSSR count). The summed E-state index contributed by atoms with van der Waals surface area (Å²) in [6.07, 6.45) is 0.377. The fraction of sp³-hybridized carbons (Fsp3) is 0.889. The van der Waals surface area contributed by atoms with Crippen molar-refractivity contribution < 1.29 is 17.9 Å². The predicted molar refractivity (Wildman–Crippen MR) is 59.1 cm³/mol. The van der Waals surface area contributed by atoms with E-state index in [-0.39, 0.29) is 0 Å². The summed E-state index contributed by atoms with van der Waals surface area (Å²) < 4.78 is 27.6. The number of likely N-dealkylation sites (tertiary alicyclic amines) is 1. The quantitative estimate of drug-likeness (QED) is 0.739. The van der Waals surface area contributed by atoms with Crippen LogP contribution in [0.4, 0.5) is 4.79 Å². The van der Waals surface area contributed by atoms with E-state index in [0.29, 0.717) is 19.4 Å². The highest BCUT2D eigenvalue weighted by atomic mass is 32.2. The van der Waals surface area contributed by atoms with Crippen molar-refractivity contribution in [1.82, 2.24) is 4.90 Å². The number of amides is 1. The van der Waals surface area contributed by atoms with Crippen molar-refractivity contribution in [3.05, 3.63) is 0 Å². The lowest BCUT2D eigenvalue weighted by Gasteiger charge is -2.27. The molecule has 1 aliphatic rings. The summed E-state index contributed by atoms with van der Waals surface area (Å²) in [6.45, 7) is 5.56. The monoisotopic (exact) mass is 250 g/mol. The number of hydrogen-bond acceptors (Lipinski definition) is 4. The van der Waals surface area contributed by atoms with Gasteiger partial charge >= 0.3 is 6.09 Å². The van der Waals surface area contributed by atoms with Crippen LogP contribution in [-0.4, -0.2) is 36.9 Å². The van der Waals surface area contributed by atoms with Crippen LogP contribution in [0, 0.1) is 0 Å². The maximum Gasteiger partial charge on any atom is 0.411 e. The summed E-state index contributed by atoms with van der Waals surface area (Å²) in [5.74, 6) is 0. The van der Waals surface area contributed by atoms with Crippen molar-refractivity contribution in [2.24, 2.45) is 5.14 Å². The summed E-state index contributed by atoms with van der Waals surface area (Å²) >= 11 is 0. The average Bonchev–Trinajstić information content (AvgIpc) is 2.45. The molecule has 0 radical (unpaired) electrons. The highest BCUT2D eigenvalue weighted by Crippen LogP contribution is 2.22. The third kappa shape index (κ3) is 3.34. The molecule has 0 aliphatic carbocycles. The first-order valence-corrected chi connectivity index (χ1v) is 6.73. The summed E-state index contributed by atoms with van der Waals surface area (Å²) in [7, 11) is -3.73. The van der Waals surface area contributed by atoms with Crippen molar-refractivity contribution >= 4 is 16.1 Å². The molecule has 0 saturated carbocycles. The second kappa shape index (κ2) is 4.21. The van der Waals surface area contributed by atoms with E-state index in [1.54, 1.807) is 20.8 Å². The lowest BCUT2D eigenvalue weighted by Crippen LogP contribution is -2.45. The number of primary sulfonamides is 1. The average molecular weight is 250 g/mol. The molecule has 94 valence electrons. The van der Waals surface area contributed by atoms with Crippen LogP contribution in [0.1, 0.15) is 33.6 Å². The van der Waals surface area contributed by atoms with E-state index < -0.39 is 27.1 Å². The molecule has 2 N–H and O–H groups in total. The SMILES string of the molecule is CC(C)(C)OC(=O)N1CCC[C@H]1S(N)(=O)=O. The maximum atomic E-state index is 11.7. The van der Waals surface area contributed by atoms with Gasteiger partial charge in [0.05, 0.1) is 0 Å². The minimum absolute atomic E-state index is 0.371. The van der Waals surface area contributed by atoms with Crippen molar-refractivity contribution in [2.75, 3.05) is 6.54 Å². The van der Waals surface area contributed by atoms with Crippen molar-refractivity contribution in [1.29, 1.82) is 0 Å². The van der Waals surface area contributed by atoms with E-state index in [1.807, 2.05) is 0 Å². The highest BCUT2D eigenvalue weighted by Gasteiger charge is 2.38. The van der Waals surface area contributed by atoms with Gasteiger partial charge in [-0.05, 0) is 33.6 Å². The molecule has 1 saturated heterocycles. The van der Waals surface area contributed by atoms with Crippen molar-refractivity contribution in [3.63, 3.8) is 0 Å².